The molecule has 134 valence electrons. The molecule has 10 nitrogen and oxygen atoms in total. The number of nitrogens with two attached hydrogens (primary N) is 1. The Morgan fingerprint density at radius 3 is 2.84 bits per heavy atom. The van der Waals surface area contributed by atoms with Crippen molar-refractivity contribution in [2.24, 2.45) is 0 Å². The molecule has 3 heterocycles. The number of amides is 1. The number of hydrazine groups is 1. The maximum absolute atomic E-state index is 11.8. The highest BCUT2D eigenvalue weighted by Gasteiger charge is 2.13. The topological polar surface area (TPSA) is 131 Å². The van der Waals surface area contributed by atoms with Crippen LogP contribution in [0.2, 0.25) is 0 Å². The number of aromatic nitrogens is 2. The van der Waals surface area contributed by atoms with Gasteiger partial charge in [-0.3, -0.25) is 20.5 Å². The number of morpholine rings is 1. The van der Waals surface area contributed by atoms with Gasteiger partial charge in [0.2, 0.25) is 0 Å². The van der Waals surface area contributed by atoms with Gasteiger partial charge in [0.1, 0.15) is 12.0 Å². The number of nitrogens with zero attached hydrogens (tertiary/aromatic N) is 3. The molecule has 25 heavy (non-hydrogen) atoms. The van der Waals surface area contributed by atoms with Crippen molar-refractivity contribution in [3.63, 3.8) is 0 Å². The fourth-order valence-corrected chi connectivity index (χ4v) is 2.38. The SMILES string of the molecule is Nc1c(NCCN2CCOCC2)ncnc1NNC(=O)c1ccco1. The Balaban J connectivity index is 1.51. The second-order valence-corrected chi connectivity index (χ2v) is 5.42. The van der Waals surface area contributed by atoms with E-state index in [1.54, 1.807) is 12.1 Å². The lowest BCUT2D eigenvalue weighted by molar-refractivity contribution is 0.0398. The van der Waals surface area contributed by atoms with Gasteiger partial charge in [0.05, 0.1) is 19.5 Å². The van der Waals surface area contributed by atoms with Crippen LogP contribution in [0.1, 0.15) is 10.6 Å². The number of hydrogen-bond donors (Lipinski definition) is 4. The fourth-order valence-electron chi connectivity index (χ4n) is 2.38. The number of carbonyl (C=O) groups is 1. The third-order valence-corrected chi connectivity index (χ3v) is 3.75. The lowest BCUT2D eigenvalue weighted by Crippen LogP contribution is -2.39. The van der Waals surface area contributed by atoms with Gasteiger partial charge in [-0.25, -0.2) is 9.97 Å². The van der Waals surface area contributed by atoms with Crippen molar-refractivity contribution in [1.29, 1.82) is 0 Å². The van der Waals surface area contributed by atoms with Gasteiger partial charge in [0.15, 0.2) is 17.4 Å². The number of nitrogens with one attached hydrogen (secondary N) is 3. The molecule has 1 saturated heterocycles. The second-order valence-electron chi connectivity index (χ2n) is 5.42. The van der Waals surface area contributed by atoms with Crippen molar-refractivity contribution < 1.29 is 13.9 Å². The van der Waals surface area contributed by atoms with Crippen molar-refractivity contribution in [3.8, 4) is 0 Å². The maximum Gasteiger partial charge on any atom is 0.305 e. The normalized spacial score (nSPS) is 14.9. The number of ether oxygens (including phenoxy) is 1. The number of nitrogen functional groups attached to an aromatic ring is 1. The van der Waals surface area contributed by atoms with E-state index in [0.717, 1.165) is 32.8 Å². The molecule has 3 rings (SSSR count). The van der Waals surface area contributed by atoms with E-state index >= 15 is 0 Å². The highest BCUT2D eigenvalue weighted by atomic mass is 16.5. The minimum atomic E-state index is -0.426. The number of hydrogen-bond acceptors (Lipinski definition) is 9. The molecule has 1 aliphatic rings. The zero-order valence-electron chi connectivity index (χ0n) is 13.7. The molecule has 1 amide bonds. The first kappa shape index (κ1) is 17.0. The van der Waals surface area contributed by atoms with E-state index < -0.39 is 5.91 Å². The Labute approximate surface area is 144 Å². The fraction of sp³-hybridized carbons (Fsp3) is 0.400. The summed E-state index contributed by atoms with van der Waals surface area (Å²) in [5, 5.41) is 3.19. The molecule has 0 radical (unpaired) electrons. The van der Waals surface area contributed by atoms with Gasteiger partial charge in [0, 0.05) is 26.2 Å². The van der Waals surface area contributed by atoms with Crippen molar-refractivity contribution in [2.45, 2.75) is 0 Å². The number of anilines is 3. The zero-order chi connectivity index (χ0) is 17.5. The Bertz CT molecular complexity index is 686. The molecule has 0 bridgehead atoms. The molecule has 0 aromatic carbocycles. The molecule has 2 aromatic rings. The summed E-state index contributed by atoms with van der Waals surface area (Å²) in [5.74, 6) is 0.579. The van der Waals surface area contributed by atoms with Crippen LogP contribution in [0.5, 0.6) is 0 Å². The number of furan rings is 1. The van der Waals surface area contributed by atoms with Crippen LogP contribution in [-0.2, 0) is 4.74 Å². The summed E-state index contributed by atoms with van der Waals surface area (Å²) in [6.07, 6.45) is 2.79. The molecule has 0 aliphatic carbocycles. The molecule has 0 atom stereocenters. The minimum absolute atomic E-state index is 0.184. The molecule has 2 aromatic heterocycles. The average molecular weight is 347 g/mol. The summed E-state index contributed by atoms with van der Waals surface area (Å²) < 4.78 is 10.3. The first-order valence-corrected chi connectivity index (χ1v) is 7.98. The number of carbonyl (C=O) groups excluding carboxylic acids is 1. The van der Waals surface area contributed by atoms with Crippen molar-refractivity contribution >= 4 is 23.2 Å². The molecular weight excluding hydrogens is 326 g/mol. The molecule has 0 saturated carbocycles. The van der Waals surface area contributed by atoms with E-state index in [2.05, 4.69) is 31.0 Å². The third-order valence-electron chi connectivity index (χ3n) is 3.75. The molecule has 0 spiro atoms. The van der Waals surface area contributed by atoms with E-state index in [1.807, 2.05) is 0 Å². The van der Waals surface area contributed by atoms with E-state index in [-0.39, 0.29) is 5.76 Å². The summed E-state index contributed by atoms with van der Waals surface area (Å²) in [7, 11) is 0. The lowest BCUT2D eigenvalue weighted by atomic mass is 10.4. The van der Waals surface area contributed by atoms with Crippen LogP contribution in [0.15, 0.2) is 29.1 Å². The quantitative estimate of drug-likeness (QED) is 0.517. The van der Waals surface area contributed by atoms with Gasteiger partial charge in [-0.15, -0.1) is 0 Å². The Hall–Kier alpha value is -2.85. The van der Waals surface area contributed by atoms with Gasteiger partial charge in [-0.1, -0.05) is 0 Å². The number of rotatable bonds is 7. The summed E-state index contributed by atoms with van der Waals surface area (Å²) >= 11 is 0. The molecule has 1 fully saturated rings. The first-order valence-electron chi connectivity index (χ1n) is 7.98. The van der Waals surface area contributed by atoms with Gasteiger partial charge < -0.3 is 20.2 Å². The third kappa shape index (κ3) is 4.58. The van der Waals surface area contributed by atoms with E-state index in [9.17, 15) is 4.79 Å². The van der Waals surface area contributed by atoms with E-state index in [0.29, 0.717) is 23.9 Å². The van der Waals surface area contributed by atoms with Gasteiger partial charge in [-0.05, 0) is 12.1 Å². The summed E-state index contributed by atoms with van der Waals surface area (Å²) in [6.45, 7) is 4.93. The molecule has 5 N–H and O–H groups in total. The molecule has 1 aliphatic heterocycles. The van der Waals surface area contributed by atoms with Crippen LogP contribution < -0.4 is 21.9 Å². The monoisotopic (exact) mass is 347 g/mol. The predicted octanol–water partition coefficient (Wildman–Crippen LogP) is 0.153. The van der Waals surface area contributed by atoms with E-state index in [1.165, 1.54) is 12.6 Å². The van der Waals surface area contributed by atoms with Gasteiger partial charge in [0.25, 0.3) is 0 Å². The highest BCUT2D eigenvalue weighted by molar-refractivity contribution is 5.92. The molecule has 0 unspecified atom stereocenters. The lowest BCUT2D eigenvalue weighted by Gasteiger charge is -2.26. The van der Waals surface area contributed by atoms with Crippen LogP contribution in [0.4, 0.5) is 17.3 Å². The summed E-state index contributed by atoms with van der Waals surface area (Å²) in [4.78, 5) is 22.3. The summed E-state index contributed by atoms with van der Waals surface area (Å²) in [5.41, 5.74) is 11.5. The first-order chi connectivity index (χ1) is 12.2. The Morgan fingerprint density at radius 1 is 1.28 bits per heavy atom. The van der Waals surface area contributed by atoms with Crippen LogP contribution in [-0.4, -0.2) is 60.2 Å². The second kappa shape index (κ2) is 8.31. The Morgan fingerprint density at radius 2 is 2.08 bits per heavy atom. The molecular formula is C15H21N7O3. The van der Waals surface area contributed by atoms with Crippen LogP contribution in [0.3, 0.4) is 0 Å². The van der Waals surface area contributed by atoms with Crippen molar-refractivity contribution in [3.05, 3.63) is 30.5 Å². The standard InChI is InChI=1S/C15H21N7O3/c16-12-13(17-3-4-22-5-8-24-9-6-22)18-10-19-14(12)20-21-15(23)11-2-1-7-25-11/h1-2,7,10H,3-6,8-9,16H2,(H,21,23)(H2,17,18,19,20). The van der Waals surface area contributed by atoms with Crippen LogP contribution in [0, 0.1) is 0 Å². The maximum atomic E-state index is 11.8. The van der Waals surface area contributed by atoms with Crippen LogP contribution in [0.25, 0.3) is 0 Å². The predicted molar refractivity (Wildman–Crippen MR) is 92.0 cm³/mol. The Kier molecular flexibility index (Phi) is 5.65. The van der Waals surface area contributed by atoms with Crippen molar-refractivity contribution in [2.75, 3.05) is 55.9 Å². The average Bonchev–Trinajstić information content (AvgIpc) is 3.17. The van der Waals surface area contributed by atoms with Crippen molar-refractivity contribution in [1.82, 2.24) is 20.3 Å². The largest absolute Gasteiger partial charge is 0.459 e. The smallest absolute Gasteiger partial charge is 0.305 e. The van der Waals surface area contributed by atoms with Gasteiger partial charge in [-0.2, -0.15) is 0 Å². The minimum Gasteiger partial charge on any atom is -0.459 e. The highest BCUT2D eigenvalue weighted by Crippen LogP contribution is 2.21. The zero-order valence-corrected chi connectivity index (χ0v) is 13.7. The molecule has 10 heteroatoms. The van der Waals surface area contributed by atoms with Gasteiger partial charge >= 0.3 is 5.91 Å². The van der Waals surface area contributed by atoms with Crippen LogP contribution >= 0.6 is 0 Å². The summed E-state index contributed by atoms with van der Waals surface area (Å²) in [6, 6.07) is 3.18. The van der Waals surface area contributed by atoms with E-state index in [4.69, 9.17) is 14.9 Å².